The third-order valence-corrected chi connectivity index (χ3v) is 5.63. The van der Waals surface area contributed by atoms with Gasteiger partial charge < -0.3 is 25.6 Å². The Morgan fingerprint density at radius 2 is 2.23 bits per heavy atom. The number of anilines is 1. The maximum Gasteiger partial charge on any atom is 0.191 e. The van der Waals surface area contributed by atoms with Crippen LogP contribution in [-0.2, 0) is 0 Å². The van der Waals surface area contributed by atoms with Crippen molar-refractivity contribution >= 4 is 28.7 Å². The first-order valence-electron chi connectivity index (χ1n) is 7.04. The Balaban J connectivity index is 1.84. The van der Waals surface area contributed by atoms with E-state index in [0.717, 1.165) is 0 Å². The lowest BCUT2D eigenvalue weighted by Gasteiger charge is -2.23. The second-order valence-corrected chi connectivity index (χ2v) is 6.82. The molecule has 5 atom stereocenters. The zero-order chi connectivity index (χ0) is 15.6. The molecule has 0 bridgehead atoms. The molecule has 0 saturated heterocycles. The minimum atomic E-state index is -0.961. The third kappa shape index (κ3) is 1.62. The van der Waals surface area contributed by atoms with Crippen molar-refractivity contribution in [2.24, 2.45) is 11.3 Å². The predicted molar refractivity (Wildman–Crippen MR) is 80.2 cm³/mol. The number of nitrogens with zero attached hydrogens (tertiary/aromatic N) is 4. The fourth-order valence-electron chi connectivity index (χ4n) is 3.78. The summed E-state index contributed by atoms with van der Waals surface area (Å²) >= 11 is 1.37. The van der Waals surface area contributed by atoms with Gasteiger partial charge in [0, 0.05) is 5.41 Å². The molecule has 2 aliphatic rings. The maximum atomic E-state index is 10.4. The van der Waals surface area contributed by atoms with Crippen LogP contribution in [0.4, 0.5) is 5.82 Å². The lowest BCUT2D eigenvalue weighted by Crippen LogP contribution is -2.35. The second-order valence-electron chi connectivity index (χ2n) is 6.05. The van der Waals surface area contributed by atoms with Gasteiger partial charge in [-0.2, -0.15) is 0 Å². The minimum absolute atomic E-state index is 0.00817. The molecule has 0 amide bonds. The number of hydrogen-bond donors (Lipinski definition) is 4. The molecule has 0 radical (unpaired) electrons. The summed E-state index contributed by atoms with van der Waals surface area (Å²) in [6, 6.07) is -0.365. The Labute approximate surface area is 130 Å². The molecule has 2 heterocycles. The van der Waals surface area contributed by atoms with E-state index in [1.165, 1.54) is 11.8 Å². The zero-order valence-corrected chi connectivity index (χ0v) is 12.7. The number of imidazole rings is 1. The summed E-state index contributed by atoms with van der Waals surface area (Å²) in [6.07, 6.45) is 2.21. The number of aromatic nitrogens is 4. The highest BCUT2D eigenvalue weighted by Gasteiger charge is 2.71. The molecule has 0 aromatic carbocycles. The summed E-state index contributed by atoms with van der Waals surface area (Å²) in [7, 11) is 0. The summed E-state index contributed by atoms with van der Waals surface area (Å²) in [4.78, 5) is 12.8. The molecule has 22 heavy (non-hydrogen) atoms. The highest BCUT2D eigenvalue weighted by Crippen LogP contribution is 2.67. The van der Waals surface area contributed by atoms with Gasteiger partial charge in [-0.3, -0.25) is 0 Å². The number of aliphatic hydroxyl groups is 3. The monoisotopic (exact) mass is 323 g/mol. The van der Waals surface area contributed by atoms with Crippen molar-refractivity contribution in [2.75, 3.05) is 18.6 Å². The van der Waals surface area contributed by atoms with Crippen molar-refractivity contribution in [3.63, 3.8) is 0 Å². The number of fused-ring (bicyclic) bond motifs is 2. The molecule has 0 spiro atoms. The minimum Gasteiger partial charge on any atom is -0.396 e. The van der Waals surface area contributed by atoms with E-state index in [0.29, 0.717) is 28.6 Å². The lowest BCUT2D eigenvalue weighted by molar-refractivity contribution is -0.0300. The lowest BCUT2D eigenvalue weighted by atomic mass is 10.0. The molecule has 2 fully saturated rings. The van der Waals surface area contributed by atoms with E-state index in [9.17, 15) is 15.3 Å². The van der Waals surface area contributed by atoms with Gasteiger partial charge in [0.15, 0.2) is 16.6 Å². The van der Waals surface area contributed by atoms with Gasteiger partial charge in [-0.1, -0.05) is 11.8 Å². The molecule has 9 heteroatoms. The van der Waals surface area contributed by atoms with Crippen LogP contribution in [0.2, 0.25) is 0 Å². The Kier molecular flexibility index (Phi) is 2.93. The average Bonchev–Trinajstić information content (AvgIpc) is 3.03. The number of thioether (sulfide) groups is 1. The van der Waals surface area contributed by atoms with Gasteiger partial charge in [-0.05, 0) is 18.6 Å². The van der Waals surface area contributed by atoms with Gasteiger partial charge in [0.05, 0.1) is 25.1 Å². The van der Waals surface area contributed by atoms with Crippen LogP contribution in [0.3, 0.4) is 0 Å². The molecule has 4 rings (SSSR count). The first-order chi connectivity index (χ1) is 10.5. The molecule has 2 aromatic heterocycles. The predicted octanol–water partition coefficient (Wildman–Crippen LogP) is -0.595. The molecule has 2 aliphatic carbocycles. The zero-order valence-electron chi connectivity index (χ0n) is 11.9. The van der Waals surface area contributed by atoms with Crippen LogP contribution in [0, 0.1) is 11.3 Å². The Hall–Kier alpha value is -1.42. The summed E-state index contributed by atoms with van der Waals surface area (Å²) in [5, 5.41) is 30.7. The van der Waals surface area contributed by atoms with E-state index >= 15 is 0 Å². The fourth-order valence-corrected chi connectivity index (χ4v) is 4.14. The van der Waals surface area contributed by atoms with Gasteiger partial charge in [-0.25, -0.2) is 15.0 Å². The van der Waals surface area contributed by atoms with E-state index in [1.54, 1.807) is 10.9 Å². The normalized spacial score (nSPS) is 36.7. The van der Waals surface area contributed by atoms with Gasteiger partial charge in [0.2, 0.25) is 0 Å². The van der Waals surface area contributed by atoms with Crippen LogP contribution in [0.1, 0.15) is 12.5 Å². The van der Waals surface area contributed by atoms with Crippen LogP contribution in [0.5, 0.6) is 0 Å². The summed E-state index contributed by atoms with van der Waals surface area (Å²) < 4.78 is 1.76. The molecule has 1 unspecified atom stereocenters. The van der Waals surface area contributed by atoms with Crippen molar-refractivity contribution in [3.05, 3.63) is 6.33 Å². The van der Waals surface area contributed by atoms with Gasteiger partial charge in [-0.15, -0.1) is 0 Å². The van der Waals surface area contributed by atoms with Crippen molar-refractivity contribution in [1.29, 1.82) is 0 Å². The Bertz CT molecular complexity index is 753. The van der Waals surface area contributed by atoms with Gasteiger partial charge in [0.1, 0.15) is 11.6 Å². The van der Waals surface area contributed by atoms with Crippen molar-refractivity contribution in [2.45, 2.75) is 29.8 Å². The number of aliphatic hydroxyl groups excluding tert-OH is 3. The standard InChI is InChI=1S/C13H17N5O3S/c1-22-12-16-10(14)6-11(17-12)18(4-15-6)7-5-2-13(5,3-19)9(21)8(7)20/h4-5,7-9,19-21H,2-3H2,1H3,(H2,14,16,17)/t5-,7-,8?,9-,13+/m1/s1. The number of rotatable bonds is 3. The topological polar surface area (TPSA) is 130 Å². The molecule has 118 valence electrons. The van der Waals surface area contributed by atoms with Crippen molar-refractivity contribution in [3.8, 4) is 0 Å². The molecular weight excluding hydrogens is 306 g/mol. The van der Waals surface area contributed by atoms with E-state index in [-0.39, 0.29) is 18.6 Å². The Morgan fingerprint density at radius 3 is 2.86 bits per heavy atom. The Morgan fingerprint density at radius 1 is 1.45 bits per heavy atom. The first-order valence-corrected chi connectivity index (χ1v) is 8.27. The summed E-state index contributed by atoms with van der Waals surface area (Å²) in [6.45, 7) is -0.133. The second kappa shape index (κ2) is 4.54. The maximum absolute atomic E-state index is 10.4. The van der Waals surface area contributed by atoms with Gasteiger partial charge >= 0.3 is 0 Å². The number of nitrogen functional groups attached to an aromatic ring is 1. The summed E-state index contributed by atoms with van der Waals surface area (Å²) in [5.41, 5.74) is 6.35. The third-order valence-electron chi connectivity index (χ3n) is 5.08. The summed E-state index contributed by atoms with van der Waals surface area (Å²) in [5.74, 6) is 0.305. The SMILES string of the molecule is CSc1nc(N)c2ncn([C@H]3C(O)[C@@H](O)[C@]4(CO)C[C@H]34)c2n1. The molecule has 5 N–H and O–H groups in total. The van der Waals surface area contributed by atoms with Crippen LogP contribution in [0.25, 0.3) is 11.2 Å². The quantitative estimate of drug-likeness (QED) is 0.435. The molecule has 2 aromatic rings. The van der Waals surface area contributed by atoms with Crippen LogP contribution >= 0.6 is 11.8 Å². The average molecular weight is 323 g/mol. The van der Waals surface area contributed by atoms with Crippen LogP contribution < -0.4 is 5.73 Å². The smallest absolute Gasteiger partial charge is 0.191 e. The highest BCUT2D eigenvalue weighted by molar-refractivity contribution is 7.98. The van der Waals surface area contributed by atoms with Crippen molar-refractivity contribution < 1.29 is 15.3 Å². The van der Waals surface area contributed by atoms with Crippen LogP contribution in [-0.4, -0.2) is 59.9 Å². The van der Waals surface area contributed by atoms with Gasteiger partial charge in [0.25, 0.3) is 0 Å². The first kappa shape index (κ1) is 14.2. The van der Waals surface area contributed by atoms with E-state index < -0.39 is 17.6 Å². The van der Waals surface area contributed by atoms with E-state index in [4.69, 9.17) is 5.73 Å². The molecular formula is C13H17N5O3S. The van der Waals surface area contributed by atoms with Crippen molar-refractivity contribution in [1.82, 2.24) is 19.5 Å². The fraction of sp³-hybridized carbons (Fsp3) is 0.615. The number of hydrogen-bond acceptors (Lipinski definition) is 8. The van der Waals surface area contributed by atoms with E-state index in [1.807, 2.05) is 6.26 Å². The molecule has 2 saturated carbocycles. The largest absolute Gasteiger partial charge is 0.396 e. The molecule has 0 aliphatic heterocycles. The number of nitrogens with two attached hydrogens (primary N) is 1. The van der Waals surface area contributed by atoms with Crippen LogP contribution in [0.15, 0.2) is 11.5 Å². The molecule has 8 nitrogen and oxygen atoms in total. The highest BCUT2D eigenvalue weighted by atomic mass is 32.2. The van der Waals surface area contributed by atoms with E-state index in [2.05, 4.69) is 15.0 Å².